The van der Waals surface area contributed by atoms with Crippen molar-refractivity contribution in [2.24, 2.45) is 11.8 Å². The van der Waals surface area contributed by atoms with Crippen LogP contribution in [0.25, 0.3) is 0 Å². The lowest BCUT2D eigenvalue weighted by atomic mass is 9.85. The summed E-state index contributed by atoms with van der Waals surface area (Å²) in [5.41, 5.74) is 0.931. The highest BCUT2D eigenvalue weighted by atomic mass is 16.5. The number of rotatable bonds is 6. The van der Waals surface area contributed by atoms with E-state index in [1.807, 2.05) is 49.4 Å². The summed E-state index contributed by atoms with van der Waals surface area (Å²) in [5, 5.41) is 2.75. The van der Waals surface area contributed by atoms with Crippen molar-refractivity contribution in [1.29, 1.82) is 0 Å². The molecule has 3 amide bonds. The van der Waals surface area contributed by atoms with E-state index >= 15 is 0 Å². The molecule has 1 fully saturated rings. The quantitative estimate of drug-likeness (QED) is 0.458. The van der Waals surface area contributed by atoms with Gasteiger partial charge in [0.25, 0.3) is 5.91 Å². The fourth-order valence-corrected chi connectivity index (χ4v) is 3.68. The summed E-state index contributed by atoms with van der Waals surface area (Å²) >= 11 is 0. The normalized spacial score (nSPS) is 23.1. The van der Waals surface area contributed by atoms with Gasteiger partial charge in [0.2, 0.25) is 11.8 Å². The van der Waals surface area contributed by atoms with Crippen molar-refractivity contribution in [3.8, 4) is 0 Å². The largest absolute Gasteiger partial charge is 0.454 e. The first-order chi connectivity index (χ1) is 13.4. The maximum Gasteiger partial charge on any atom is 0.329 e. The van der Waals surface area contributed by atoms with Crippen molar-refractivity contribution in [2.75, 3.05) is 6.61 Å². The maximum absolute atomic E-state index is 12.5. The monoisotopic (exact) mass is 384 g/mol. The Morgan fingerprint density at radius 2 is 1.64 bits per heavy atom. The van der Waals surface area contributed by atoms with Gasteiger partial charge >= 0.3 is 5.97 Å². The lowest BCUT2D eigenvalue weighted by Crippen LogP contribution is -2.45. The number of imide groups is 1. The van der Waals surface area contributed by atoms with Crippen LogP contribution in [-0.2, 0) is 23.9 Å². The molecule has 1 aromatic rings. The molecule has 2 aliphatic rings. The molecule has 1 heterocycles. The molecule has 0 saturated carbocycles. The second kappa shape index (κ2) is 8.37. The van der Waals surface area contributed by atoms with Crippen LogP contribution in [0.1, 0.15) is 38.3 Å². The van der Waals surface area contributed by atoms with Gasteiger partial charge in [-0.1, -0.05) is 42.5 Å². The molecule has 4 atom stereocenters. The number of nitrogens with zero attached hydrogens (tertiary/aromatic N) is 1. The number of hydrogen-bond donors (Lipinski definition) is 1. The van der Waals surface area contributed by atoms with E-state index in [1.165, 1.54) is 6.92 Å². The van der Waals surface area contributed by atoms with Gasteiger partial charge in [0.15, 0.2) is 6.61 Å². The summed E-state index contributed by atoms with van der Waals surface area (Å²) in [6.45, 7) is 2.81. The molecule has 0 bridgehead atoms. The fourth-order valence-electron chi connectivity index (χ4n) is 3.68. The van der Waals surface area contributed by atoms with Gasteiger partial charge < -0.3 is 10.1 Å². The Kier molecular flexibility index (Phi) is 5.92. The minimum atomic E-state index is -1.05. The molecule has 3 rings (SSSR count). The Hall–Kier alpha value is -2.96. The van der Waals surface area contributed by atoms with E-state index in [-0.39, 0.29) is 17.9 Å². The Labute approximate surface area is 163 Å². The third-order valence-electron chi connectivity index (χ3n) is 5.29. The van der Waals surface area contributed by atoms with Gasteiger partial charge in [0.05, 0.1) is 17.9 Å². The summed E-state index contributed by atoms with van der Waals surface area (Å²) < 4.78 is 5.05. The third-order valence-corrected chi connectivity index (χ3v) is 5.29. The molecule has 148 valence electrons. The van der Waals surface area contributed by atoms with Gasteiger partial charge in [-0.3, -0.25) is 19.3 Å². The molecule has 1 aromatic carbocycles. The standard InChI is InChI=1S/C21H24N2O5/c1-13(15-8-4-3-5-9-15)22-18(24)12-28-21(27)14(2)23-19(25)16-10-6-7-11-17(16)20(23)26/h3-9,13-14,16-17H,10-12H2,1-2H3,(H,22,24)/t13-,14-,16-,17-/m0/s1. The van der Waals surface area contributed by atoms with Crippen molar-refractivity contribution in [1.82, 2.24) is 10.2 Å². The third kappa shape index (κ3) is 3.98. The molecule has 7 heteroatoms. The van der Waals surface area contributed by atoms with Crippen LogP contribution in [0.15, 0.2) is 42.5 Å². The number of carbonyl (C=O) groups excluding carboxylic acids is 4. The van der Waals surface area contributed by atoms with Crippen LogP contribution >= 0.6 is 0 Å². The smallest absolute Gasteiger partial charge is 0.329 e. The molecule has 28 heavy (non-hydrogen) atoms. The van der Waals surface area contributed by atoms with Gasteiger partial charge in [-0.25, -0.2) is 4.79 Å². The van der Waals surface area contributed by atoms with E-state index in [4.69, 9.17) is 4.74 Å². The molecule has 0 spiro atoms. The van der Waals surface area contributed by atoms with E-state index < -0.39 is 36.4 Å². The van der Waals surface area contributed by atoms with E-state index in [0.29, 0.717) is 12.8 Å². The number of hydrogen-bond acceptors (Lipinski definition) is 5. The molecule has 0 unspecified atom stereocenters. The second-order valence-corrected chi connectivity index (χ2v) is 7.19. The predicted octanol–water partition coefficient (Wildman–Crippen LogP) is 1.75. The summed E-state index contributed by atoms with van der Waals surface area (Å²) in [6, 6.07) is 8.12. The Bertz CT molecular complexity index is 778. The zero-order valence-electron chi connectivity index (χ0n) is 16.0. The Balaban J connectivity index is 1.52. The first-order valence-electron chi connectivity index (χ1n) is 9.43. The van der Waals surface area contributed by atoms with E-state index in [1.54, 1.807) is 0 Å². The number of ether oxygens (including phenoxy) is 1. The van der Waals surface area contributed by atoms with Crippen molar-refractivity contribution in [3.63, 3.8) is 0 Å². The summed E-state index contributed by atoms with van der Waals surface area (Å²) in [5.74, 6) is -2.70. The predicted molar refractivity (Wildman–Crippen MR) is 101 cm³/mol. The number of amides is 3. The van der Waals surface area contributed by atoms with Crippen LogP contribution in [-0.4, -0.2) is 41.2 Å². The minimum absolute atomic E-state index is 0.234. The van der Waals surface area contributed by atoms with Crippen LogP contribution in [0.3, 0.4) is 0 Å². The highest BCUT2D eigenvalue weighted by molar-refractivity contribution is 6.08. The SMILES string of the molecule is C[C@H](NC(=O)COC(=O)[C@H](C)N1C(=O)[C@H]2CC=CC[C@@H]2C1=O)c1ccccc1. The summed E-state index contributed by atoms with van der Waals surface area (Å²) in [6.07, 6.45) is 4.79. The van der Waals surface area contributed by atoms with Crippen LogP contribution in [0.2, 0.25) is 0 Å². The molecule has 1 saturated heterocycles. The number of fused-ring (bicyclic) bond motifs is 1. The summed E-state index contributed by atoms with van der Waals surface area (Å²) in [7, 11) is 0. The van der Waals surface area contributed by atoms with Gasteiger partial charge in [-0.2, -0.15) is 0 Å². The highest BCUT2D eigenvalue weighted by Crippen LogP contribution is 2.36. The molecule has 0 aromatic heterocycles. The van der Waals surface area contributed by atoms with Gasteiger partial charge in [-0.15, -0.1) is 0 Å². The van der Waals surface area contributed by atoms with Crippen LogP contribution in [0.4, 0.5) is 0 Å². The lowest BCUT2D eigenvalue weighted by molar-refractivity contribution is -0.159. The number of esters is 1. The molecule has 7 nitrogen and oxygen atoms in total. The average molecular weight is 384 g/mol. The Morgan fingerprint density at radius 3 is 2.21 bits per heavy atom. The van der Waals surface area contributed by atoms with Gasteiger partial charge in [0.1, 0.15) is 6.04 Å². The zero-order valence-corrected chi connectivity index (χ0v) is 16.0. The molecule has 0 radical (unpaired) electrons. The van der Waals surface area contributed by atoms with Gasteiger partial charge in [-0.05, 0) is 32.3 Å². The molecular formula is C21H24N2O5. The highest BCUT2D eigenvalue weighted by Gasteiger charge is 2.50. The Morgan fingerprint density at radius 1 is 1.07 bits per heavy atom. The van der Waals surface area contributed by atoms with E-state index in [9.17, 15) is 19.2 Å². The number of likely N-dealkylation sites (tertiary alicyclic amines) is 1. The zero-order chi connectivity index (χ0) is 20.3. The van der Waals surface area contributed by atoms with Crippen molar-refractivity contribution in [3.05, 3.63) is 48.0 Å². The lowest BCUT2D eigenvalue weighted by Gasteiger charge is -2.21. The topological polar surface area (TPSA) is 92.8 Å². The van der Waals surface area contributed by atoms with Crippen molar-refractivity contribution >= 4 is 23.7 Å². The van der Waals surface area contributed by atoms with Crippen LogP contribution in [0, 0.1) is 11.8 Å². The molecular weight excluding hydrogens is 360 g/mol. The average Bonchev–Trinajstić information content (AvgIpc) is 2.97. The first kappa shape index (κ1) is 19.8. The van der Waals surface area contributed by atoms with Crippen molar-refractivity contribution < 1.29 is 23.9 Å². The number of carbonyl (C=O) groups is 4. The number of allylic oxidation sites excluding steroid dienone is 2. The molecule has 1 N–H and O–H groups in total. The first-order valence-corrected chi connectivity index (χ1v) is 9.43. The van der Waals surface area contributed by atoms with Crippen LogP contribution in [0.5, 0.6) is 0 Å². The van der Waals surface area contributed by atoms with E-state index in [0.717, 1.165) is 10.5 Å². The molecule has 1 aliphatic carbocycles. The second-order valence-electron chi connectivity index (χ2n) is 7.19. The van der Waals surface area contributed by atoms with E-state index in [2.05, 4.69) is 5.32 Å². The number of benzene rings is 1. The minimum Gasteiger partial charge on any atom is -0.454 e. The summed E-state index contributed by atoms with van der Waals surface area (Å²) in [4.78, 5) is 50.4. The maximum atomic E-state index is 12.5. The fraction of sp³-hybridized carbons (Fsp3) is 0.429. The van der Waals surface area contributed by atoms with Gasteiger partial charge in [0, 0.05) is 0 Å². The number of nitrogens with one attached hydrogen (secondary N) is 1. The van der Waals surface area contributed by atoms with Crippen LogP contribution < -0.4 is 5.32 Å². The molecule has 1 aliphatic heterocycles. The van der Waals surface area contributed by atoms with Crippen molar-refractivity contribution in [2.45, 2.75) is 38.8 Å².